The van der Waals surface area contributed by atoms with Gasteiger partial charge in [0.2, 0.25) is 11.8 Å². The highest BCUT2D eigenvalue weighted by molar-refractivity contribution is 6.05. The van der Waals surface area contributed by atoms with E-state index in [4.69, 9.17) is 15.6 Å². The molecule has 10 rings (SSSR count). The Bertz CT molecular complexity index is 2530. The van der Waals surface area contributed by atoms with Crippen LogP contribution in [-0.4, -0.2) is 104 Å². The number of para-hydroxylation sites is 1. The van der Waals surface area contributed by atoms with E-state index in [1.807, 2.05) is 76.3 Å². The molecule has 0 spiro atoms. The van der Waals surface area contributed by atoms with Gasteiger partial charge in [0.1, 0.15) is 35.4 Å². The zero-order valence-corrected chi connectivity index (χ0v) is 36.2. The summed E-state index contributed by atoms with van der Waals surface area (Å²) in [7, 11) is 0. The number of carbonyl (C=O) groups is 4. The lowest BCUT2D eigenvalue weighted by Gasteiger charge is -2.39. The highest BCUT2D eigenvalue weighted by atomic mass is 16.5. The van der Waals surface area contributed by atoms with Crippen molar-refractivity contribution in [2.45, 2.75) is 89.3 Å². The SMILES string of the molecule is Nc1ncnc2c1c(-c1ccc(Oc3ccccc3)cc1)nn2C1CCCN(C(=O)N2CCC(CCCC3CCN(c4ccc5c(c4)CN(C4CCC(=O)NC4=O)C5=O)CC3)CC2)C1. The number of nitrogens with two attached hydrogens (primary N) is 1. The van der Waals surface area contributed by atoms with Gasteiger partial charge in [-0.15, -0.1) is 0 Å². The van der Waals surface area contributed by atoms with Crippen LogP contribution in [0.4, 0.5) is 16.3 Å². The van der Waals surface area contributed by atoms with Gasteiger partial charge in [0.25, 0.3) is 5.91 Å². The van der Waals surface area contributed by atoms with Crippen LogP contribution in [0.5, 0.6) is 11.5 Å². The van der Waals surface area contributed by atoms with E-state index in [2.05, 4.69) is 31.2 Å². The first-order valence-electron chi connectivity index (χ1n) is 23.1. The van der Waals surface area contributed by atoms with Gasteiger partial charge >= 0.3 is 6.03 Å². The Kier molecular flexibility index (Phi) is 11.6. The maximum atomic E-state index is 14.0. The number of imide groups is 1. The molecule has 5 aliphatic heterocycles. The van der Waals surface area contributed by atoms with Gasteiger partial charge in [-0.2, -0.15) is 5.10 Å². The molecule has 5 aromatic rings. The van der Waals surface area contributed by atoms with Gasteiger partial charge < -0.3 is 30.1 Å². The van der Waals surface area contributed by atoms with Crippen molar-refractivity contribution < 1.29 is 23.9 Å². The number of nitrogens with zero attached hydrogens (tertiary/aromatic N) is 8. The van der Waals surface area contributed by atoms with Gasteiger partial charge in [-0.25, -0.2) is 19.4 Å². The van der Waals surface area contributed by atoms with Crippen molar-refractivity contribution >= 4 is 46.3 Å². The Morgan fingerprint density at radius 1 is 0.797 bits per heavy atom. The van der Waals surface area contributed by atoms with Gasteiger partial charge in [-0.3, -0.25) is 19.7 Å². The number of hydrogen-bond donors (Lipinski definition) is 2. The lowest BCUT2D eigenvalue weighted by Crippen LogP contribution is -2.52. The average Bonchev–Trinajstić information content (AvgIpc) is 3.88. The van der Waals surface area contributed by atoms with Gasteiger partial charge in [0, 0.05) is 69.0 Å². The second kappa shape index (κ2) is 17.9. The zero-order valence-electron chi connectivity index (χ0n) is 36.2. The zero-order chi connectivity index (χ0) is 43.7. The van der Waals surface area contributed by atoms with Crippen molar-refractivity contribution in [2.24, 2.45) is 11.8 Å². The fourth-order valence-electron chi connectivity index (χ4n) is 10.6. The predicted octanol–water partition coefficient (Wildman–Crippen LogP) is 7.18. The molecule has 5 aliphatic rings. The van der Waals surface area contributed by atoms with E-state index in [1.54, 1.807) is 4.90 Å². The molecule has 2 atom stereocenters. The molecule has 0 aliphatic carbocycles. The minimum atomic E-state index is -0.596. The van der Waals surface area contributed by atoms with Crippen molar-refractivity contribution in [3.05, 3.63) is 90.3 Å². The number of urea groups is 1. The minimum absolute atomic E-state index is 0.0368. The third-order valence-corrected chi connectivity index (χ3v) is 14.2. The van der Waals surface area contributed by atoms with Crippen LogP contribution in [0.2, 0.25) is 0 Å². The van der Waals surface area contributed by atoms with Crippen LogP contribution >= 0.6 is 0 Å². The van der Waals surface area contributed by atoms with Crippen LogP contribution in [0, 0.1) is 11.8 Å². The Hall–Kier alpha value is -6.51. The lowest BCUT2D eigenvalue weighted by atomic mass is 9.86. The van der Waals surface area contributed by atoms with Crippen molar-refractivity contribution in [3.63, 3.8) is 0 Å². The van der Waals surface area contributed by atoms with Gasteiger partial charge in [-0.05, 0) is 117 Å². The molecule has 2 aromatic heterocycles. The molecule has 3 aromatic carbocycles. The van der Waals surface area contributed by atoms with Crippen LogP contribution < -0.4 is 20.7 Å². The quantitative estimate of drug-likeness (QED) is 0.137. The molecule has 15 heteroatoms. The van der Waals surface area contributed by atoms with Crippen LogP contribution in [0.15, 0.2) is 79.1 Å². The molecule has 2 unspecified atom stereocenters. The predicted molar refractivity (Wildman–Crippen MR) is 242 cm³/mol. The summed E-state index contributed by atoms with van der Waals surface area (Å²) in [6, 6.07) is 23.0. The van der Waals surface area contributed by atoms with Gasteiger partial charge in [-0.1, -0.05) is 37.5 Å². The fraction of sp³-hybridized carbons (Fsp3) is 0.449. The first-order valence-corrected chi connectivity index (χ1v) is 23.1. The number of nitrogens with one attached hydrogen (secondary N) is 1. The smallest absolute Gasteiger partial charge is 0.320 e. The number of aromatic nitrogens is 4. The summed E-state index contributed by atoms with van der Waals surface area (Å²) in [6.07, 6.45) is 11.9. The van der Waals surface area contributed by atoms with E-state index in [9.17, 15) is 19.2 Å². The maximum absolute atomic E-state index is 14.0. The molecule has 5 amide bonds. The largest absolute Gasteiger partial charge is 0.457 e. The fourth-order valence-corrected chi connectivity index (χ4v) is 10.6. The molecule has 4 fully saturated rings. The number of amides is 5. The third kappa shape index (κ3) is 8.47. The second-order valence-electron chi connectivity index (χ2n) is 18.2. The third-order valence-electron chi connectivity index (χ3n) is 14.2. The monoisotopic (exact) mass is 864 g/mol. The first kappa shape index (κ1) is 41.5. The lowest BCUT2D eigenvalue weighted by molar-refractivity contribution is -0.136. The standard InChI is InChI=1S/C49H56N10O5/c50-45-43-44(34-11-14-39(15-12-34)64-38-9-2-1-3-10-38)54-59(46(43)52-31-51-45)37-8-5-23-57(30-37)49(63)56-26-21-33(22-27-56)7-4-6-32-19-24-55(25-20-32)36-13-16-40-35(28-36)29-58(48(40)62)41-17-18-42(60)53-47(41)61/h1-3,9-16,28,31-33,37,41H,4-8,17-27,29-30H2,(H2,50,51,52)(H,53,60,61). The number of likely N-dealkylation sites (tertiary alicyclic amines) is 2. The Morgan fingerprint density at radius 2 is 1.53 bits per heavy atom. The Morgan fingerprint density at radius 3 is 2.28 bits per heavy atom. The van der Waals surface area contributed by atoms with Crippen molar-refractivity contribution in [3.8, 4) is 22.8 Å². The van der Waals surface area contributed by atoms with Gasteiger partial charge in [0.15, 0.2) is 5.65 Å². The summed E-state index contributed by atoms with van der Waals surface area (Å²) in [5, 5.41) is 8.20. The average molecular weight is 865 g/mol. The van der Waals surface area contributed by atoms with E-state index >= 15 is 0 Å². The number of hydrogen-bond acceptors (Lipinski definition) is 10. The number of nitrogen functional groups attached to an aromatic ring is 1. The van der Waals surface area contributed by atoms with E-state index in [0.29, 0.717) is 59.5 Å². The highest BCUT2D eigenvalue weighted by Crippen LogP contribution is 2.37. The number of piperidine rings is 4. The summed E-state index contributed by atoms with van der Waals surface area (Å²) >= 11 is 0. The molecule has 3 N–H and O–H groups in total. The molecular weight excluding hydrogens is 809 g/mol. The molecular formula is C49H56N10O5. The van der Waals surface area contributed by atoms with E-state index < -0.39 is 6.04 Å². The van der Waals surface area contributed by atoms with Crippen LogP contribution in [0.1, 0.15) is 92.6 Å². The number of rotatable bonds is 10. The summed E-state index contributed by atoms with van der Waals surface area (Å²) in [5.41, 5.74) is 11.5. The molecule has 0 bridgehead atoms. The van der Waals surface area contributed by atoms with Crippen LogP contribution in [-0.2, 0) is 16.1 Å². The van der Waals surface area contributed by atoms with Crippen LogP contribution in [0.25, 0.3) is 22.3 Å². The number of ether oxygens (including phenoxy) is 1. The Labute approximate surface area is 372 Å². The summed E-state index contributed by atoms with van der Waals surface area (Å²) in [6.45, 7) is 5.27. The summed E-state index contributed by atoms with van der Waals surface area (Å²) < 4.78 is 7.98. The van der Waals surface area contributed by atoms with E-state index in [1.165, 1.54) is 25.6 Å². The summed E-state index contributed by atoms with van der Waals surface area (Å²) in [4.78, 5) is 68.3. The molecule has 7 heterocycles. The molecule has 15 nitrogen and oxygen atoms in total. The van der Waals surface area contributed by atoms with Crippen molar-refractivity contribution in [2.75, 3.05) is 49.9 Å². The van der Waals surface area contributed by atoms with Crippen molar-refractivity contribution in [1.29, 1.82) is 0 Å². The highest BCUT2D eigenvalue weighted by Gasteiger charge is 2.39. The normalized spacial score (nSPS) is 21.1. The maximum Gasteiger partial charge on any atom is 0.320 e. The Balaban J connectivity index is 0.682. The molecule has 64 heavy (non-hydrogen) atoms. The number of fused-ring (bicyclic) bond motifs is 2. The molecule has 0 radical (unpaired) electrons. The topological polar surface area (TPSA) is 172 Å². The molecule has 0 saturated carbocycles. The molecule has 4 saturated heterocycles. The number of benzene rings is 3. The summed E-state index contributed by atoms with van der Waals surface area (Å²) in [5.74, 6) is 2.43. The van der Waals surface area contributed by atoms with E-state index in [0.717, 1.165) is 99.6 Å². The second-order valence-corrected chi connectivity index (χ2v) is 18.2. The number of carbonyl (C=O) groups excluding carboxylic acids is 4. The van der Waals surface area contributed by atoms with Crippen LogP contribution in [0.3, 0.4) is 0 Å². The van der Waals surface area contributed by atoms with Crippen molar-refractivity contribution in [1.82, 2.24) is 39.8 Å². The number of anilines is 2. The first-order chi connectivity index (χ1) is 31.3. The minimum Gasteiger partial charge on any atom is -0.457 e. The molecule has 332 valence electrons. The van der Waals surface area contributed by atoms with E-state index in [-0.39, 0.29) is 36.2 Å². The van der Waals surface area contributed by atoms with Gasteiger partial charge in [0.05, 0.1) is 11.4 Å².